The zero-order valence-corrected chi connectivity index (χ0v) is 12.1. The minimum absolute atomic E-state index is 0.870. The Hall–Kier alpha value is -2.36. The maximum atomic E-state index is 4.58. The van der Waals surface area contributed by atoms with Crippen molar-refractivity contribution in [1.29, 1.82) is 0 Å². The molecule has 0 atom stereocenters. The summed E-state index contributed by atoms with van der Waals surface area (Å²) in [6.45, 7) is 7.89. The molecule has 0 N–H and O–H groups in total. The normalized spacial score (nSPS) is 15.8. The molecule has 0 aromatic carbocycles. The van der Waals surface area contributed by atoms with E-state index >= 15 is 0 Å². The molecule has 0 bridgehead atoms. The topological polar surface area (TPSA) is 51.6 Å². The number of aromatic nitrogens is 4. The van der Waals surface area contributed by atoms with Crippen molar-refractivity contribution in [2.75, 3.05) is 0 Å². The Kier molecular flexibility index (Phi) is 2.93. The first kappa shape index (κ1) is 12.7. The lowest BCUT2D eigenvalue weighted by atomic mass is 10.1. The summed E-state index contributed by atoms with van der Waals surface area (Å²) in [7, 11) is 0. The zero-order valence-electron chi connectivity index (χ0n) is 12.1. The Morgan fingerprint density at radius 3 is 0.850 bits per heavy atom. The van der Waals surface area contributed by atoms with Crippen LogP contribution in [-0.2, 0) is 0 Å². The zero-order chi connectivity index (χ0) is 14.3. The van der Waals surface area contributed by atoms with Crippen LogP contribution in [0.1, 0.15) is 45.6 Å². The quantitative estimate of drug-likeness (QED) is 0.626. The summed E-state index contributed by atoms with van der Waals surface area (Å²) in [6.07, 6.45) is 7.84. The van der Waals surface area contributed by atoms with Crippen molar-refractivity contribution in [3.63, 3.8) is 0 Å². The van der Waals surface area contributed by atoms with Crippen LogP contribution in [0.25, 0.3) is 24.3 Å². The van der Waals surface area contributed by atoms with Gasteiger partial charge in [0.15, 0.2) is 0 Å². The van der Waals surface area contributed by atoms with Crippen LogP contribution in [0, 0.1) is 27.7 Å². The molecule has 1 aliphatic carbocycles. The van der Waals surface area contributed by atoms with Gasteiger partial charge in [0.1, 0.15) is 0 Å². The molecule has 0 saturated carbocycles. The molecule has 4 nitrogen and oxygen atoms in total. The number of aryl methyl sites for hydroxylation is 4. The highest BCUT2D eigenvalue weighted by molar-refractivity contribution is 5.81. The lowest BCUT2D eigenvalue weighted by Gasteiger charge is -2.09. The van der Waals surface area contributed by atoms with Gasteiger partial charge in [-0.15, -0.1) is 0 Å². The first-order chi connectivity index (χ1) is 9.54. The van der Waals surface area contributed by atoms with E-state index in [0.29, 0.717) is 0 Å². The van der Waals surface area contributed by atoms with E-state index in [2.05, 4.69) is 19.9 Å². The Labute approximate surface area is 118 Å². The minimum Gasteiger partial charge on any atom is -0.250 e. The van der Waals surface area contributed by atoms with E-state index in [1.807, 2.05) is 52.0 Å². The number of hydrogen-bond acceptors (Lipinski definition) is 4. The first-order valence-electron chi connectivity index (χ1n) is 6.61. The third-order valence-electron chi connectivity index (χ3n) is 3.52. The largest absolute Gasteiger partial charge is 0.250 e. The third-order valence-corrected chi connectivity index (χ3v) is 3.52. The van der Waals surface area contributed by atoms with E-state index in [0.717, 1.165) is 45.6 Å². The monoisotopic (exact) mass is 264 g/mol. The van der Waals surface area contributed by atoms with Gasteiger partial charge in [-0.3, -0.25) is 0 Å². The fourth-order valence-electron chi connectivity index (χ4n) is 2.08. The molecule has 0 amide bonds. The second-order valence-corrected chi connectivity index (χ2v) is 5.00. The van der Waals surface area contributed by atoms with Gasteiger partial charge < -0.3 is 0 Å². The fraction of sp³-hybridized carbons (Fsp3) is 0.250. The first-order valence-corrected chi connectivity index (χ1v) is 6.61. The molecule has 1 aliphatic rings. The molecule has 3 rings (SSSR count). The lowest BCUT2D eigenvalue weighted by Crippen LogP contribution is -2.02. The van der Waals surface area contributed by atoms with Gasteiger partial charge in [0.2, 0.25) is 0 Å². The van der Waals surface area contributed by atoms with Crippen molar-refractivity contribution >= 4 is 24.3 Å². The van der Waals surface area contributed by atoms with Crippen molar-refractivity contribution in [3.05, 3.63) is 45.6 Å². The summed E-state index contributed by atoms with van der Waals surface area (Å²) in [5.41, 5.74) is 7.29. The summed E-state index contributed by atoms with van der Waals surface area (Å²) >= 11 is 0. The van der Waals surface area contributed by atoms with Gasteiger partial charge in [0, 0.05) is 0 Å². The van der Waals surface area contributed by atoms with E-state index in [9.17, 15) is 0 Å². The fourth-order valence-corrected chi connectivity index (χ4v) is 2.08. The van der Waals surface area contributed by atoms with E-state index in [1.165, 1.54) is 0 Å². The summed E-state index contributed by atoms with van der Waals surface area (Å²) in [5.74, 6) is 0. The summed E-state index contributed by atoms with van der Waals surface area (Å²) < 4.78 is 0. The van der Waals surface area contributed by atoms with Gasteiger partial charge in [-0.2, -0.15) is 0 Å². The highest BCUT2D eigenvalue weighted by Gasteiger charge is 2.10. The van der Waals surface area contributed by atoms with E-state index in [4.69, 9.17) is 0 Å². The second-order valence-electron chi connectivity index (χ2n) is 5.00. The molecule has 20 heavy (non-hydrogen) atoms. The van der Waals surface area contributed by atoms with Crippen LogP contribution in [-0.4, -0.2) is 19.9 Å². The maximum Gasteiger partial charge on any atom is 0.0891 e. The van der Waals surface area contributed by atoms with Crippen molar-refractivity contribution < 1.29 is 0 Å². The van der Waals surface area contributed by atoms with Crippen LogP contribution in [0.2, 0.25) is 0 Å². The summed E-state index contributed by atoms with van der Waals surface area (Å²) in [5, 5.41) is 0. The molecular formula is C16H16N4. The van der Waals surface area contributed by atoms with Gasteiger partial charge >= 0.3 is 0 Å². The van der Waals surface area contributed by atoms with Gasteiger partial charge in [-0.05, 0) is 52.0 Å². The second kappa shape index (κ2) is 4.63. The van der Waals surface area contributed by atoms with Gasteiger partial charge in [-0.25, -0.2) is 19.9 Å². The molecule has 2 aromatic heterocycles. The number of nitrogens with zero attached hydrogens (tertiary/aromatic N) is 4. The van der Waals surface area contributed by atoms with E-state index in [1.54, 1.807) is 0 Å². The number of rotatable bonds is 0. The molecule has 2 aromatic rings. The highest BCUT2D eigenvalue weighted by Crippen LogP contribution is 2.20. The van der Waals surface area contributed by atoms with E-state index < -0.39 is 0 Å². The van der Waals surface area contributed by atoms with E-state index in [-0.39, 0.29) is 0 Å². The predicted molar refractivity (Wildman–Crippen MR) is 80.9 cm³/mol. The van der Waals surface area contributed by atoms with Gasteiger partial charge in [0.05, 0.1) is 45.6 Å². The summed E-state index contributed by atoms with van der Waals surface area (Å²) in [6, 6.07) is 0. The standard InChI is InChI=1S/C16H16N4/c1-9-10(2)18-14-7-8-16-15(6-5-13(14)17-9)19-11(3)12(4)20-16/h5-8H,1-4H3/b6-5-,8-7-,13-5?,14-7?,15-6?,16-8?. The Bertz CT molecular complexity index is 630. The maximum absolute atomic E-state index is 4.58. The van der Waals surface area contributed by atoms with Gasteiger partial charge in [0.25, 0.3) is 0 Å². The third kappa shape index (κ3) is 2.13. The Balaban J connectivity index is 2.18. The van der Waals surface area contributed by atoms with Crippen LogP contribution >= 0.6 is 0 Å². The van der Waals surface area contributed by atoms with Crippen LogP contribution in [0.3, 0.4) is 0 Å². The molecule has 100 valence electrons. The van der Waals surface area contributed by atoms with Crippen LogP contribution in [0.4, 0.5) is 0 Å². The SMILES string of the molecule is Cc1nc2c(nc1C)/C=C\c1nc(C)c(C)nc1/C=C\2. The number of fused-ring (bicyclic) bond motifs is 2. The molecule has 0 radical (unpaired) electrons. The molecule has 0 aliphatic heterocycles. The van der Waals surface area contributed by atoms with Crippen molar-refractivity contribution in [3.8, 4) is 0 Å². The minimum atomic E-state index is 0.870. The van der Waals surface area contributed by atoms with Crippen LogP contribution < -0.4 is 0 Å². The molecular weight excluding hydrogens is 248 g/mol. The smallest absolute Gasteiger partial charge is 0.0891 e. The van der Waals surface area contributed by atoms with Crippen molar-refractivity contribution in [2.45, 2.75) is 27.7 Å². The van der Waals surface area contributed by atoms with Crippen LogP contribution in [0.5, 0.6) is 0 Å². The van der Waals surface area contributed by atoms with Crippen molar-refractivity contribution in [1.82, 2.24) is 19.9 Å². The lowest BCUT2D eigenvalue weighted by molar-refractivity contribution is 1.01. The Morgan fingerprint density at radius 1 is 0.450 bits per heavy atom. The molecule has 0 saturated heterocycles. The highest BCUT2D eigenvalue weighted by atomic mass is 14.9. The number of hydrogen-bond donors (Lipinski definition) is 0. The van der Waals surface area contributed by atoms with Gasteiger partial charge in [-0.1, -0.05) is 0 Å². The average molecular weight is 264 g/mol. The molecule has 4 heteroatoms. The Morgan fingerprint density at radius 2 is 0.650 bits per heavy atom. The molecule has 0 unspecified atom stereocenters. The van der Waals surface area contributed by atoms with Crippen molar-refractivity contribution in [2.24, 2.45) is 0 Å². The molecule has 0 fully saturated rings. The average Bonchev–Trinajstić information content (AvgIpc) is 2.40. The summed E-state index contributed by atoms with van der Waals surface area (Å²) in [4.78, 5) is 18.3. The molecule has 2 heterocycles. The molecule has 0 spiro atoms. The van der Waals surface area contributed by atoms with Crippen LogP contribution in [0.15, 0.2) is 0 Å². The predicted octanol–water partition coefficient (Wildman–Crippen LogP) is 3.15.